The largest absolute Gasteiger partial charge is 0.506 e. The van der Waals surface area contributed by atoms with Crippen LogP contribution < -0.4 is 10.9 Å². The predicted molar refractivity (Wildman–Crippen MR) is 100 cm³/mol. The molecule has 3 N–H and O–H groups in total. The number of aromatic nitrogens is 1. The maximum atomic E-state index is 12.4. The van der Waals surface area contributed by atoms with Crippen LogP contribution >= 0.6 is 11.6 Å². The first-order valence-electron chi connectivity index (χ1n) is 8.75. The highest BCUT2D eigenvalue weighted by Crippen LogP contribution is 2.38. The molecule has 26 heavy (non-hydrogen) atoms. The van der Waals surface area contributed by atoms with Gasteiger partial charge in [0.1, 0.15) is 5.75 Å². The lowest BCUT2D eigenvalue weighted by Crippen LogP contribution is -2.23. The molecular formula is C20H19ClN2O3. The summed E-state index contributed by atoms with van der Waals surface area (Å²) < 4.78 is 0. The fourth-order valence-electron chi connectivity index (χ4n) is 3.34. The van der Waals surface area contributed by atoms with E-state index in [1.807, 2.05) is 18.2 Å². The van der Waals surface area contributed by atoms with Gasteiger partial charge in [0.25, 0.3) is 5.56 Å². The molecule has 2 aromatic rings. The normalized spacial score (nSPS) is 20.3. The number of hydrogen-bond donors (Lipinski definition) is 3. The molecule has 1 aromatic heterocycles. The van der Waals surface area contributed by atoms with Gasteiger partial charge in [-0.05, 0) is 48.9 Å². The van der Waals surface area contributed by atoms with Gasteiger partial charge in [-0.3, -0.25) is 9.59 Å². The van der Waals surface area contributed by atoms with Crippen molar-refractivity contribution in [1.82, 2.24) is 10.3 Å². The van der Waals surface area contributed by atoms with Crippen LogP contribution in [0.4, 0.5) is 0 Å². The fraction of sp³-hybridized carbons (Fsp3) is 0.300. The first-order chi connectivity index (χ1) is 12.5. The minimum absolute atomic E-state index is 0.00140. The van der Waals surface area contributed by atoms with E-state index < -0.39 is 0 Å². The minimum atomic E-state index is -0.100. The lowest BCUT2D eigenvalue weighted by molar-refractivity contribution is -0.119. The van der Waals surface area contributed by atoms with Crippen molar-refractivity contribution in [2.24, 2.45) is 0 Å². The average Bonchev–Trinajstić information content (AvgIpc) is 3.37. The molecule has 0 unspecified atom stereocenters. The monoisotopic (exact) mass is 370 g/mol. The fourth-order valence-corrected chi connectivity index (χ4v) is 3.52. The maximum absolute atomic E-state index is 12.4. The summed E-state index contributed by atoms with van der Waals surface area (Å²) in [5, 5.41) is 12.8. The van der Waals surface area contributed by atoms with Crippen molar-refractivity contribution in [3.05, 3.63) is 68.6 Å². The molecule has 134 valence electrons. The SMILES string of the molecule is O=C1CC[C@H](/C=C(/c2ccc(O)c(Cl)c2)c2ccc(C3CC3)c(=O)[nH]2)N1. The molecule has 1 atom stereocenters. The van der Waals surface area contributed by atoms with E-state index in [0.29, 0.717) is 24.5 Å². The number of carbonyl (C=O) groups excluding carboxylic acids is 1. The number of carbonyl (C=O) groups is 1. The lowest BCUT2D eigenvalue weighted by atomic mass is 9.98. The highest BCUT2D eigenvalue weighted by atomic mass is 35.5. The van der Waals surface area contributed by atoms with E-state index in [0.717, 1.165) is 29.5 Å². The van der Waals surface area contributed by atoms with E-state index >= 15 is 0 Å². The van der Waals surface area contributed by atoms with Gasteiger partial charge in [0, 0.05) is 29.3 Å². The molecule has 1 saturated carbocycles. The van der Waals surface area contributed by atoms with Crippen LogP contribution in [0.15, 0.2) is 41.2 Å². The zero-order valence-corrected chi connectivity index (χ0v) is 14.8. The number of H-pyrrole nitrogens is 1. The van der Waals surface area contributed by atoms with Gasteiger partial charge in [-0.1, -0.05) is 29.8 Å². The number of aromatic hydroxyl groups is 1. The van der Waals surface area contributed by atoms with Crippen molar-refractivity contribution < 1.29 is 9.90 Å². The number of benzene rings is 1. The zero-order valence-electron chi connectivity index (χ0n) is 14.1. The van der Waals surface area contributed by atoms with Gasteiger partial charge in [0.05, 0.1) is 5.02 Å². The Balaban J connectivity index is 1.78. The van der Waals surface area contributed by atoms with Crippen molar-refractivity contribution in [3.8, 4) is 5.75 Å². The number of aromatic amines is 1. The Hall–Kier alpha value is -2.53. The summed E-state index contributed by atoms with van der Waals surface area (Å²) in [4.78, 5) is 27.0. The third-order valence-corrected chi connectivity index (χ3v) is 5.21. The van der Waals surface area contributed by atoms with E-state index in [9.17, 15) is 14.7 Å². The van der Waals surface area contributed by atoms with Crippen LogP contribution in [0.25, 0.3) is 5.57 Å². The number of rotatable bonds is 4. The van der Waals surface area contributed by atoms with Crippen molar-refractivity contribution in [2.75, 3.05) is 0 Å². The standard InChI is InChI=1S/C20H19ClN2O3/c21-16-9-12(3-7-18(16)24)15(10-13-4-8-19(25)22-13)17-6-5-14(11-1-2-11)20(26)23-17/h3,5-7,9-11,13,24H,1-2,4,8H2,(H,22,25)(H,23,26)/b15-10-/t13-/m1/s1. The Morgan fingerprint density at radius 3 is 2.58 bits per heavy atom. The number of pyridine rings is 1. The molecule has 2 aliphatic rings. The molecule has 0 spiro atoms. The zero-order chi connectivity index (χ0) is 18.3. The lowest BCUT2D eigenvalue weighted by Gasteiger charge is -2.13. The molecule has 0 bridgehead atoms. The summed E-state index contributed by atoms with van der Waals surface area (Å²) in [6.45, 7) is 0. The highest BCUT2D eigenvalue weighted by Gasteiger charge is 2.26. The number of nitrogens with one attached hydrogen (secondary N) is 2. The molecular weight excluding hydrogens is 352 g/mol. The van der Waals surface area contributed by atoms with E-state index in [1.165, 1.54) is 6.07 Å². The third kappa shape index (κ3) is 3.40. The van der Waals surface area contributed by atoms with E-state index in [4.69, 9.17) is 11.6 Å². The van der Waals surface area contributed by atoms with Crippen LogP contribution in [0, 0.1) is 0 Å². The minimum Gasteiger partial charge on any atom is -0.506 e. The molecule has 5 nitrogen and oxygen atoms in total. The van der Waals surface area contributed by atoms with E-state index in [1.54, 1.807) is 12.1 Å². The molecule has 2 fully saturated rings. The number of phenols is 1. The Morgan fingerprint density at radius 1 is 1.15 bits per heavy atom. The summed E-state index contributed by atoms with van der Waals surface area (Å²) in [5.74, 6) is 0.394. The summed E-state index contributed by atoms with van der Waals surface area (Å²) in [6, 6.07) is 8.61. The second-order valence-corrected chi connectivity index (χ2v) is 7.30. The maximum Gasteiger partial charge on any atom is 0.251 e. The Bertz CT molecular complexity index is 960. The topological polar surface area (TPSA) is 82.2 Å². The first-order valence-corrected chi connectivity index (χ1v) is 9.13. The average molecular weight is 371 g/mol. The van der Waals surface area contributed by atoms with Crippen LogP contribution in [0.1, 0.15) is 48.4 Å². The quantitative estimate of drug-likeness (QED) is 0.772. The smallest absolute Gasteiger partial charge is 0.251 e. The van der Waals surface area contributed by atoms with Gasteiger partial charge in [-0.15, -0.1) is 0 Å². The number of halogens is 1. The molecule has 1 saturated heterocycles. The Morgan fingerprint density at radius 2 is 1.96 bits per heavy atom. The van der Waals surface area contributed by atoms with E-state index in [2.05, 4.69) is 10.3 Å². The third-order valence-electron chi connectivity index (χ3n) is 4.90. The number of hydrogen-bond acceptors (Lipinski definition) is 3. The van der Waals surface area contributed by atoms with Gasteiger partial charge in [0.2, 0.25) is 5.91 Å². The summed E-state index contributed by atoms with van der Waals surface area (Å²) >= 11 is 6.07. The first kappa shape index (κ1) is 16.9. The van der Waals surface area contributed by atoms with E-state index in [-0.39, 0.29) is 28.3 Å². The predicted octanol–water partition coefficient (Wildman–Crippen LogP) is 3.32. The number of amides is 1. The molecule has 1 amide bonds. The molecule has 6 heteroatoms. The van der Waals surface area contributed by atoms with Gasteiger partial charge in [-0.2, -0.15) is 0 Å². The Kier molecular flexibility index (Phi) is 4.32. The van der Waals surface area contributed by atoms with Crippen molar-refractivity contribution in [3.63, 3.8) is 0 Å². The van der Waals surface area contributed by atoms with Crippen LogP contribution in [0.5, 0.6) is 5.75 Å². The number of phenolic OH excluding ortho intramolecular Hbond substituents is 1. The second kappa shape index (κ2) is 6.65. The van der Waals surface area contributed by atoms with Crippen molar-refractivity contribution in [1.29, 1.82) is 0 Å². The van der Waals surface area contributed by atoms with Crippen molar-refractivity contribution >= 4 is 23.1 Å². The Labute approximate surface area is 155 Å². The second-order valence-electron chi connectivity index (χ2n) is 6.89. The molecule has 1 aliphatic heterocycles. The summed E-state index contributed by atoms with van der Waals surface area (Å²) in [6.07, 6.45) is 5.26. The van der Waals surface area contributed by atoms with Gasteiger partial charge >= 0.3 is 0 Å². The van der Waals surface area contributed by atoms with Crippen LogP contribution in [0.3, 0.4) is 0 Å². The summed E-state index contributed by atoms with van der Waals surface area (Å²) in [7, 11) is 0. The van der Waals surface area contributed by atoms with Crippen LogP contribution in [-0.4, -0.2) is 22.0 Å². The molecule has 1 aromatic carbocycles. The van der Waals surface area contributed by atoms with Gasteiger partial charge in [0.15, 0.2) is 0 Å². The summed E-state index contributed by atoms with van der Waals surface area (Å²) in [5.41, 5.74) is 2.96. The molecule has 0 radical (unpaired) electrons. The molecule has 2 heterocycles. The molecule has 1 aliphatic carbocycles. The van der Waals surface area contributed by atoms with Crippen LogP contribution in [0.2, 0.25) is 5.02 Å². The van der Waals surface area contributed by atoms with Gasteiger partial charge < -0.3 is 15.4 Å². The molecule has 4 rings (SSSR count). The van der Waals surface area contributed by atoms with Crippen molar-refractivity contribution in [2.45, 2.75) is 37.6 Å². The van der Waals surface area contributed by atoms with Crippen LogP contribution in [-0.2, 0) is 4.79 Å². The highest BCUT2D eigenvalue weighted by molar-refractivity contribution is 6.32. The van der Waals surface area contributed by atoms with Gasteiger partial charge in [-0.25, -0.2) is 0 Å².